The van der Waals surface area contributed by atoms with Crippen LogP contribution < -0.4 is 0 Å². The van der Waals surface area contributed by atoms with E-state index >= 15 is 0 Å². The van der Waals surface area contributed by atoms with Crippen LogP contribution in [0.2, 0.25) is 0 Å². The first-order valence-corrected chi connectivity index (χ1v) is 3.13. The fraction of sp³-hybridized carbons (Fsp3) is 0.667. The zero-order valence-corrected chi connectivity index (χ0v) is 5.74. The van der Waals surface area contributed by atoms with Crippen molar-refractivity contribution < 1.29 is 14.3 Å². The third kappa shape index (κ3) is 1.46. The van der Waals surface area contributed by atoms with E-state index in [1.54, 1.807) is 7.05 Å². The molecule has 0 spiro atoms. The van der Waals surface area contributed by atoms with Crippen LogP contribution in [0.25, 0.3) is 0 Å². The molecule has 0 bridgehead atoms. The highest BCUT2D eigenvalue weighted by molar-refractivity contribution is 5.75. The molecule has 0 aliphatic heterocycles. The Balaban J connectivity index is 2.30. The van der Waals surface area contributed by atoms with Crippen LogP contribution >= 0.6 is 0 Å². The summed E-state index contributed by atoms with van der Waals surface area (Å²) in [4.78, 5) is 21.8. The van der Waals surface area contributed by atoms with Crippen molar-refractivity contribution >= 4 is 12.6 Å². The van der Waals surface area contributed by atoms with Gasteiger partial charge >= 0.3 is 12.6 Å². The van der Waals surface area contributed by atoms with E-state index in [0.29, 0.717) is 6.04 Å². The van der Waals surface area contributed by atoms with E-state index < -0.39 is 6.09 Å². The summed E-state index contributed by atoms with van der Waals surface area (Å²) in [5.74, 6) is 0. The monoisotopic (exact) mass is 143 g/mol. The molecule has 0 unspecified atom stereocenters. The fourth-order valence-electron chi connectivity index (χ4n) is 0.735. The van der Waals surface area contributed by atoms with Crippen LogP contribution in [-0.4, -0.2) is 30.6 Å². The lowest BCUT2D eigenvalue weighted by Gasteiger charge is -2.12. The quantitative estimate of drug-likeness (QED) is 0.414. The van der Waals surface area contributed by atoms with Crippen LogP contribution in [-0.2, 0) is 9.53 Å². The van der Waals surface area contributed by atoms with Crippen LogP contribution in [0, 0.1) is 0 Å². The molecule has 0 aromatic carbocycles. The van der Waals surface area contributed by atoms with Crippen LogP contribution in [0.15, 0.2) is 0 Å². The molecule has 56 valence electrons. The van der Waals surface area contributed by atoms with Crippen molar-refractivity contribution in [3.05, 3.63) is 0 Å². The lowest BCUT2D eigenvalue weighted by molar-refractivity contribution is -0.124. The largest absolute Gasteiger partial charge is 0.417 e. The average Bonchev–Trinajstić information content (AvgIpc) is 2.68. The van der Waals surface area contributed by atoms with Crippen molar-refractivity contribution in [2.45, 2.75) is 18.9 Å². The zero-order chi connectivity index (χ0) is 7.56. The predicted octanol–water partition coefficient (Wildman–Crippen LogP) is 0.374. The summed E-state index contributed by atoms with van der Waals surface area (Å²) < 4.78 is 4.11. The van der Waals surface area contributed by atoms with Gasteiger partial charge in [0, 0.05) is 13.1 Å². The number of ether oxygens (including phenoxy) is 1. The lowest BCUT2D eigenvalue weighted by Crippen LogP contribution is -2.28. The molecule has 1 aliphatic carbocycles. The molecule has 1 amide bonds. The number of rotatable bonds is 2. The van der Waals surface area contributed by atoms with Gasteiger partial charge in [-0.3, -0.25) is 4.79 Å². The molecule has 0 N–H and O–H groups in total. The molecule has 4 heteroatoms. The Labute approximate surface area is 58.8 Å². The second-order valence-corrected chi connectivity index (χ2v) is 2.32. The molecule has 1 saturated carbocycles. The topological polar surface area (TPSA) is 46.6 Å². The maximum Gasteiger partial charge on any atom is 0.417 e. The molecule has 0 radical (unpaired) electrons. The summed E-state index contributed by atoms with van der Waals surface area (Å²) in [6, 6.07) is 0.299. The third-order valence-corrected chi connectivity index (χ3v) is 1.53. The van der Waals surface area contributed by atoms with Gasteiger partial charge in [-0.1, -0.05) is 0 Å². The summed E-state index contributed by atoms with van der Waals surface area (Å²) >= 11 is 0. The molecule has 1 fully saturated rings. The lowest BCUT2D eigenvalue weighted by atomic mass is 10.6. The number of carbonyl (C=O) groups excluding carboxylic acids is 2. The minimum Gasteiger partial charge on any atom is -0.379 e. The van der Waals surface area contributed by atoms with Crippen molar-refractivity contribution in [2.24, 2.45) is 0 Å². The van der Waals surface area contributed by atoms with E-state index in [1.165, 1.54) is 4.90 Å². The number of amides is 1. The Kier molecular flexibility index (Phi) is 1.89. The number of carbonyl (C=O) groups is 2. The highest BCUT2D eigenvalue weighted by Crippen LogP contribution is 2.25. The molecule has 0 atom stereocenters. The maximum absolute atomic E-state index is 10.7. The van der Waals surface area contributed by atoms with E-state index in [2.05, 4.69) is 4.74 Å². The molecule has 0 saturated heterocycles. The van der Waals surface area contributed by atoms with Gasteiger partial charge in [-0.05, 0) is 12.8 Å². The van der Waals surface area contributed by atoms with Gasteiger partial charge in [0.05, 0.1) is 0 Å². The summed E-state index contributed by atoms with van der Waals surface area (Å²) in [6.45, 7) is 0.154. The minimum atomic E-state index is -0.558. The number of hydrogen-bond acceptors (Lipinski definition) is 3. The minimum absolute atomic E-state index is 0.154. The van der Waals surface area contributed by atoms with Gasteiger partial charge in [-0.15, -0.1) is 0 Å². The number of nitrogens with zero attached hydrogens (tertiary/aromatic N) is 1. The Morgan fingerprint density at radius 3 is 2.70 bits per heavy atom. The molecule has 0 heterocycles. The molecular formula is C6H9NO3. The smallest absolute Gasteiger partial charge is 0.379 e. The second kappa shape index (κ2) is 2.68. The van der Waals surface area contributed by atoms with Crippen molar-refractivity contribution in [3.63, 3.8) is 0 Å². The second-order valence-electron chi connectivity index (χ2n) is 2.32. The van der Waals surface area contributed by atoms with Gasteiger partial charge in [0.25, 0.3) is 0 Å². The summed E-state index contributed by atoms with van der Waals surface area (Å²) in [7, 11) is 1.63. The van der Waals surface area contributed by atoms with Crippen LogP contribution in [0.5, 0.6) is 0 Å². The fourth-order valence-corrected chi connectivity index (χ4v) is 0.735. The van der Waals surface area contributed by atoms with E-state index in [4.69, 9.17) is 0 Å². The Hall–Kier alpha value is -1.06. The molecular weight excluding hydrogens is 134 g/mol. The summed E-state index contributed by atoms with van der Waals surface area (Å²) in [6.07, 6.45) is 1.48. The average molecular weight is 143 g/mol. The van der Waals surface area contributed by atoms with Crippen molar-refractivity contribution in [2.75, 3.05) is 7.05 Å². The van der Waals surface area contributed by atoms with Gasteiger partial charge in [-0.2, -0.15) is 0 Å². The van der Waals surface area contributed by atoms with Gasteiger partial charge in [-0.25, -0.2) is 4.79 Å². The first-order chi connectivity index (χ1) is 4.75. The van der Waals surface area contributed by atoms with Gasteiger partial charge in [0.1, 0.15) is 0 Å². The van der Waals surface area contributed by atoms with Crippen molar-refractivity contribution in [1.29, 1.82) is 0 Å². The van der Waals surface area contributed by atoms with E-state index in [9.17, 15) is 9.59 Å². The normalized spacial score (nSPS) is 16.1. The molecule has 0 aromatic heterocycles. The molecule has 4 nitrogen and oxygen atoms in total. The van der Waals surface area contributed by atoms with Crippen LogP contribution in [0.1, 0.15) is 12.8 Å². The Bertz CT molecular complexity index is 153. The van der Waals surface area contributed by atoms with E-state index in [1.807, 2.05) is 0 Å². The molecule has 10 heavy (non-hydrogen) atoms. The summed E-state index contributed by atoms with van der Waals surface area (Å²) in [5.41, 5.74) is 0. The maximum atomic E-state index is 10.7. The van der Waals surface area contributed by atoms with Crippen LogP contribution in [0.3, 0.4) is 0 Å². The summed E-state index contributed by atoms with van der Waals surface area (Å²) in [5, 5.41) is 0. The standard InChI is InChI=1S/C6H9NO3/c1-7(5-2-3-5)6(9)10-4-8/h4-5H,2-3H2,1H3. The molecule has 1 rings (SSSR count). The van der Waals surface area contributed by atoms with Crippen molar-refractivity contribution in [1.82, 2.24) is 4.90 Å². The zero-order valence-electron chi connectivity index (χ0n) is 5.74. The number of hydrogen-bond donors (Lipinski definition) is 0. The van der Waals surface area contributed by atoms with Crippen molar-refractivity contribution in [3.8, 4) is 0 Å². The Morgan fingerprint density at radius 2 is 2.30 bits per heavy atom. The first-order valence-electron chi connectivity index (χ1n) is 3.13. The predicted molar refractivity (Wildman–Crippen MR) is 33.3 cm³/mol. The van der Waals surface area contributed by atoms with E-state index in [0.717, 1.165) is 12.8 Å². The van der Waals surface area contributed by atoms with Gasteiger partial charge in [0.15, 0.2) is 0 Å². The van der Waals surface area contributed by atoms with E-state index in [-0.39, 0.29) is 6.47 Å². The van der Waals surface area contributed by atoms with Crippen LogP contribution in [0.4, 0.5) is 4.79 Å². The molecule has 1 aliphatic rings. The Morgan fingerprint density at radius 1 is 1.70 bits per heavy atom. The first kappa shape index (κ1) is 7.05. The SMILES string of the molecule is CN(C(=O)OC=O)C1CC1. The third-order valence-electron chi connectivity index (χ3n) is 1.53. The highest BCUT2D eigenvalue weighted by atomic mass is 16.6. The molecule has 0 aromatic rings. The van der Waals surface area contributed by atoms with Gasteiger partial charge < -0.3 is 9.64 Å². The highest BCUT2D eigenvalue weighted by Gasteiger charge is 2.30. The van der Waals surface area contributed by atoms with Gasteiger partial charge in [0.2, 0.25) is 0 Å².